The second-order valence-electron chi connectivity index (χ2n) is 6.74. The standard InChI is InChI=1S/C21H20N2O4S/c1-22-13-11-16(17-7-2-3-8-18(17)22)15-21-23(12-6-14-28(24,25)26)19-9-4-5-10-20(19)27-21/h2-5,7-11,13,15H,6,12,14H2,1H3/p+1. The van der Waals surface area contributed by atoms with E-state index in [2.05, 4.69) is 17.0 Å². The summed E-state index contributed by atoms with van der Waals surface area (Å²) in [5, 5.41) is 0. The molecule has 1 aliphatic rings. The molecule has 0 bridgehead atoms. The van der Waals surface area contributed by atoms with Gasteiger partial charge in [-0.1, -0.05) is 30.3 Å². The molecule has 2 heterocycles. The molecule has 6 nitrogen and oxygen atoms in total. The normalized spacial score (nSPS) is 15.4. The van der Waals surface area contributed by atoms with Crippen LogP contribution in [0.4, 0.5) is 5.69 Å². The summed E-state index contributed by atoms with van der Waals surface area (Å²) in [6.07, 6.45) is 6.28. The molecule has 0 radical (unpaired) electrons. The van der Waals surface area contributed by atoms with Gasteiger partial charge in [0.1, 0.15) is 0 Å². The Morgan fingerprint density at radius 3 is 2.71 bits per heavy atom. The molecule has 0 spiro atoms. The van der Waals surface area contributed by atoms with Crippen LogP contribution < -0.4 is 9.47 Å². The van der Waals surface area contributed by atoms with E-state index in [9.17, 15) is 8.42 Å². The van der Waals surface area contributed by atoms with Crippen molar-refractivity contribution in [2.45, 2.75) is 13.0 Å². The fourth-order valence-corrected chi connectivity index (χ4v) is 3.94. The molecular weight excluding hydrogens is 376 g/mol. The highest BCUT2D eigenvalue weighted by molar-refractivity contribution is 7.85. The van der Waals surface area contributed by atoms with Crippen LogP contribution in [-0.2, 0) is 16.7 Å². The molecule has 0 atom stereocenters. The zero-order valence-corrected chi connectivity index (χ0v) is 16.3. The summed E-state index contributed by atoms with van der Waals surface area (Å²) in [6, 6.07) is 15.8. The molecule has 144 valence electrons. The molecule has 1 aromatic heterocycles. The SMILES string of the molecule is CN1C=C/C(=C\c2oc3ccccc3[n+]2CCCS(=O)(=O)O)c2ccccc21. The molecule has 28 heavy (non-hydrogen) atoms. The summed E-state index contributed by atoms with van der Waals surface area (Å²) in [4.78, 5) is 2.06. The molecule has 0 fully saturated rings. The van der Waals surface area contributed by atoms with Crippen molar-refractivity contribution in [3.8, 4) is 0 Å². The average molecular weight is 397 g/mol. The highest BCUT2D eigenvalue weighted by Gasteiger charge is 2.23. The summed E-state index contributed by atoms with van der Waals surface area (Å²) >= 11 is 0. The maximum atomic E-state index is 11.1. The van der Waals surface area contributed by atoms with Crippen LogP contribution in [0.5, 0.6) is 0 Å². The van der Waals surface area contributed by atoms with Gasteiger partial charge >= 0.3 is 5.89 Å². The lowest BCUT2D eigenvalue weighted by molar-refractivity contribution is -0.677. The minimum atomic E-state index is -3.99. The molecule has 4 rings (SSSR count). The summed E-state index contributed by atoms with van der Waals surface area (Å²) in [7, 11) is -1.99. The monoisotopic (exact) mass is 397 g/mol. The molecule has 1 N–H and O–H groups in total. The first kappa shape index (κ1) is 18.5. The minimum Gasteiger partial charge on any atom is -0.398 e. The number of para-hydroxylation sites is 3. The van der Waals surface area contributed by atoms with Gasteiger partial charge in [-0.25, -0.2) is 0 Å². The number of rotatable bonds is 5. The zero-order valence-electron chi connectivity index (χ0n) is 15.4. The number of aromatic nitrogens is 1. The van der Waals surface area contributed by atoms with E-state index in [-0.39, 0.29) is 5.75 Å². The van der Waals surface area contributed by atoms with Crippen molar-refractivity contribution >= 4 is 38.6 Å². The van der Waals surface area contributed by atoms with Crippen molar-refractivity contribution in [1.82, 2.24) is 0 Å². The summed E-state index contributed by atoms with van der Waals surface area (Å²) < 4.78 is 39.2. The minimum absolute atomic E-state index is 0.289. The molecule has 2 aromatic carbocycles. The van der Waals surface area contributed by atoms with Crippen LogP contribution >= 0.6 is 0 Å². The molecular formula is C21H21N2O4S+. The van der Waals surface area contributed by atoms with Gasteiger partial charge in [-0.15, -0.1) is 0 Å². The van der Waals surface area contributed by atoms with Crippen LogP contribution in [0.2, 0.25) is 0 Å². The fraction of sp³-hybridized carbons (Fsp3) is 0.190. The predicted octanol–water partition coefficient (Wildman–Crippen LogP) is 3.50. The number of benzene rings is 2. The third-order valence-corrected chi connectivity index (χ3v) is 5.58. The largest absolute Gasteiger partial charge is 0.398 e. The van der Waals surface area contributed by atoms with Crippen LogP contribution in [0.15, 0.2) is 65.2 Å². The summed E-state index contributed by atoms with van der Waals surface area (Å²) in [5.41, 5.74) is 4.82. The topological polar surface area (TPSA) is 74.6 Å². The number of aryl methyl sites for hydroxylation is 1. The Bertz CT molecular complexity index is 1190. The highest BCUT2D eigenvalue weighted by atomic mass is 32.2. The van der Waals surface area contributed by atoms with Crippen molar-refractivity contribution < 1.29 is 22.0 Å². The number of fused-ring (bicyclic) bond motifs is 2. The van der Waals surface area contributed by atoms with Gasteiger partial charge < -0.3 is 9.32 Å². The Kier molecular flexibility index (Phi) is 4.78. The van der Waals surface area contributed by atoms with Crippen molar-refractivity contribution in [1.29, 1.82) is 0 Å². The van der Waals surface area contributed by atoms with Crippen LogP contribution in [0.25, 0.3) is 22.7 Å². The van der Waals surface area contributed by atoms with Crippen LogP contribution in [0, 0.1) is 0 Å². The van der Waals surface area contributed by atoms with E-state index in [1.54, 1.807) is 0 Å². The lowest BCUT2D eigenvalue weighted by Crippen LogP contribution is -2.36. The van der Waals surface area contributed by atoms with Gasteiger partial charge in [-0.2, -0.15) is 13.0 Å². The van der Waals surface area contributed by atoms with E-state index < -0.39 is 10.1 Å². The Morgan fingerprint density at radius 1 is 1.14 bits per heavy atom. The second kappa shape index (κ2) is 7.26. The first-order valence-electron chi connectivity index (χ1n) is 9.01. The first-order valence-corrected chi connectivity index (χ1v) is 10.6. The number of hydrogen-bond donors (Lipinski definition) is 1. The Balaban J connectivity index is 1.77. The molecule has 0 saturated heterocycles. The number of hydrogen-bond acceptors (Lipinski definition) is 4. The predicted molar refractivity (Wildman–Crippen MR) is 109 cm³/mol. The highest BCUT2D eigenvalue weighted by Crippen LogP contribution is 2.33. The molecule has 0 amide bonds. The summed E-state index contributed by atoms with van der Waals surface area (Å²) in [6.45, 7) is 0.418. The van der Waals surface area contributed by atoms with Crippen molar-refractivity contribution in [2.24, 2.45) is 0 Å². The van der Waals surface area contributed by atoms with Crippen molar-refractivity contribution in [3.05, 3.63) is 72.3 Å². The molecule has 3 aromatic rings. The van der Waals surface area contributed by atoms with Gasteiger partial charge in [0.25, 0.3) is 15.6 Å². The second-order valence-corrected chi connectivity index (χ2v) is 8.31. The van der Waals surface area contributed by atoms with Crippen molar-refractivity contribution in [2.75, 3.05) is 17.7 Å². The van der Waals surface area contributed by atoms with E-state index in [1.807, 2.05) is 66.4 Å². The number of anilines is 1. The van der Waals surface area contributed by atoms with E-state index in [1.165, 1.54) is 0 Å². The summed E-state index contributed by atoms with van der Waals surface area (Å²) in [5.74, 6) is 0.346. The first-order chi connectivity index (χ1) is 13.4. The Labute approximate surface area is 163 Å². The number of oxazole rings is 1. The van der Waals surface area contributed by atoms with Crippen LogP contribution in [-0.4, -0.2) is 25.8 Å². The number of nitrogens with zero attached hydrogens (tertiary/aromatic N) is 2. The van der Waals surface area contributed by atoms with Crippen LogP contribution in [0.1, 0.15) is 17.9 Å². The quantitative estimate of drug-likeness (QED) is 0.527. The smallest absolute Gasteiger partial charge is 0.374 e. The van der Waals surface area contributed by atoms with E-state index >= 15 is 0 Å². The molecule has 0 saturated carbocycles. The average Bonchev–Trinajstić information content (AvgIpc) is 3.01. The lowest BCUT2D eigenvalue weighted by Gasteiger charge is -2.23. The lowest BCUT2D eigenvalue weighted by atomic mass is 10.00. The molecule has 7 heteroatoms. The zero-order chi connectivity index (χ0) is 19.7. The fourth-order valence-electron chi connectivity index (χ4n) is 3.44. The third-order valence-electron chi connectivity index (χ3n) is 4.77. The maximum absolute atomic E-state index is 11.1. The van der Waals surface area contributed by atoms with E-state index in [0.29, 0.717) is 18.9 Å². The van der Waals surface area contributed by atoms with Crippen molar-refractivity contribution in [3.63, 3.8) is 0 Å². The van der Waals surface area contributed by atoms with Gasteiger partial charge in [0.15, 0.2) is 6.54 Å². The molecule has 0 unspecified atom stereocenters. The van der Waals surface area contributed by atoms with E-state index in [4.69, 9.17) is 8.97 Å². The Morgan fingerprint density at radius 2 is 1.89 bits per heavy atom. The van der Waals surface area contributed by atoms with Gasteiger partial charge in [0.05, 0.1) is 11.8 Å². The van der Waals surface area contributed by atoms with Gasteiger partial charge in [0.2, 0.25) is 5.58 Å². The molecule has 1 aliphatic heterocycles. The van der Waals surface area contributed by atoms with Gasteiger partial charge in [-0.3, -0.25) is 4.55 Å². The Hall–Kier alpha value is -2.90. The number of allylic oxidation sites excluding steroid dienone is 2. The van der Waals surface area contributed by atoms with E-state index in [0.717, 1.165) is 27.9 Å². The third kappa shape index (κ3) is 3.72. The van der Waals surface area contributed by atoms with Gasteiger partial charge in [0, 0.05) is 37.0 Å². The van der Waals surface area contributed by atoms with Gasteiger partial charge in [-0.05, 0) is 23.8 Å². The van der Waals surface area contributed by atoms with Crippen LogP contribution in [0.3, 0.4) is 0 Å². The maximum Gasteiger partial charge on any atom is 0.374 e. The molecule has 0 aliphatic carbocycles.